The topological polar surface area (TPSA) is 46.6 Å². The molecule has 136 valence electrons. The summed E-state index contributed by atoms with van der Waals surface area (Å²) in [6.07, 6.45) is 7.42. The van der Waals surface area contributed by atoms with Crippen LogP contribution < -0.4 is 0 Å². The molecule has 4 nitrogen and oxygen atoms in total. The van der Waals surface area contributed by atoms with Crippen molar-refractivity contribution in [3.63, 3.8) is 0 Å². The third-order valence-corrected chi connectivity index (χ3v) is 5.63. The number of benzene rings is 1. The maximum Gasteiger partial charge on any atom is 0.410 e. The number of unbranched alkanes of at least 4 members (excludes halogenated alkanes) is 2. The fourth-order valence-electron chi connectivity index (χ4n) is 4.29. The second kappa shape index (κ2) is 8.50. The van der Waals surface area contributed by atoms with Gasteiger partial charge in [0.1, 0.15) is 12.4 Å². The number of nitrogens with zero attached hydrogens (tertiary/aromatic N) is 1. The number of carbonyl (C=O) groups is 2. The Bertz CT molecular complexity index is 572. The second-order valence-electron chi connectivity index (χ2n) is 7.42. The molecular weight excluding hydrogens is 314 g/mol. The van der Waals surface area contributed by atoms with Gasteiger partial charge < -0.3 is 9.64 Å². The zero-order chi connectivity index (χ0) is 17.6. The zero-order valence-electron chi connectivity index (χ0n) is 15.2. The number of piperidine rings is 1. The molecule has 3 rings (SSSR count). The van der Waals surface area contributed by atoms with E-state index >= 15 is 0 Å². The van der Waals surface area contributed by atoms with Crippen molar-refractivity contribution in [2.24, 2.45) is 5.92 Å². The molecule has 0 spiro atoms. The van der Waals surface area contributed by atoms with Crippen LogP contribution in [-0.4, -0.2) is 28.9 Å². The predicted octanol–water partition coefficient (Wildman–Crippen LogP) is 4.72. The fraction of sp³-hybridized carbons (Fsp3) is 0.619. The molecule has 0 radical (unpaired) electrons. The number of Topliss-reactive ketones (excluding diaryl/α,β-unsaturated/α-hetero) is 1. The van der Waals surface area contributed by atoms with Gasteiger partial charge in [-0.25, -0.2) is 4.79 Å². The van der Waals surface area contributed by atoms with Crippen LogP contribution in [-0.2, 0) is 16.1 Å². The highest BCUT2D eigenvalue weighted by molar-refractivity contribution is 5.81. The number of hydrogen-bond donors (Lipinski definition) is 0. The van der Waals surface area contributed by atoms with E-state index in [-0.39, 0.29) is 24.1 Å². The molecule has 0 N–H and O–H groups in total. The van der Waals surface area contributed by atoms with E-state index < -0.39 is 0 Å². The van der Waals surface area contributed by atoms with Gasteiger partial charge in [-0.05, 0) is 37.7 Å². The van der Waals surface area contributed by atoms with Crippen molar-refractivity contribution >= 4 is 11.9 Å². The van der Waals surface area contributed by atoms with Crippen LogP contribution in [0.3, 0.4) is 0 Å². The van der Waals surface area contributed by atoms with Gasteiger partial charge >= 0.3 is 6.09 Å². The maximum absolute atomic E-state index is 12.5. The molecule has 2 saturated heterocycles. The largest absolute Gasteiger partial charge is 0.445 e. The first kappa shape index (κ1) is 18.0. The highest BCUT2D eigenvalue weighted by atomic mass is 16.6. The fourth-order valence-corrected chi connectivity index (χ4v) is 4.29. The molecule has 0 aliphatic carbocycles. The van der Waals surface area contributed by atoms with Crippen LogP contribution in [0.5, 0.6) is 0 Å². The van der Waals surface area contributed by atoms with Gasteiger partial charge in [-0.3, -0.25) is 4.79 Å². The van der Waals surface area contributed by atoms with Crippen LogP contribution in [0.15, 0.2) is 30.3 Å². The molecule has 1 amide bonds. The van der Waals surface area contributed by atoms with Crippen molar-refractivity contribution in [2.45, 2.75) is 77.0 Å². The lowest BCUT2D eigenvalue weighted by atomic mass is 9.85. The standard InChI is InChI=1S/C21H29NO3/c1-2-3-5-10-20(23)17-13-18-11-12-19(14-17)22(18)21(24)25-15-16-8-6-4-7-9-16/h4,6-9,17-19H,2-3,5,10-15H2,1H3. The molecule has 2 fully saturated rings. The molecule has 1 aromatic carbocycles. The zero-order valence-corrected chi connectivity index (χ0v) is 15.2. The van der Waals surface area contributed by atoms with Gasteiger partial charge in [0, 0.05) is 24.4 Å². The number of fused-ring (bicyclic) bond motifs is 2. The van der Waals surface area contributed by atoms with Crippen molar-refractivity contribution < 1.29 is 14.3 Å². The van der Waals surface area contributed by atoms with E-state index in [1.165, 1.54) is 0 Å². The minimum Gasteiger partial charge on any atom is -0.445 e. The maximum atomic E-state index is 12.5. The summed E-state index contributed by atoms with van der Waals surface area (Å²) in [6.45, 7) is 2.47. The van der Waals surface area contributed by atoms with E-state index in [2.05, 4.69) is 6.92 Å². The van der Waals surface area contributed by atoms with Crippen LogP contribution in [0.4, 0.5) is 4.79 Å². The van der Waals surface area contributed by atoms with Crippen molar-refractivity contribution in [3.05, 3.63) is 35.9 Å². The molecule has 0 aromatic heterocycles. The molecular formula is C21H29NO3. The van der Waals surface area contributed by atoms with Gasteiger partial charge in [0.15, 0.2) is 0 Å². The quantitative estimate of drug-likeness (QED) is 0.673. The lowest BCUT2D eigenvalue weighted by Gasteiger charge is -2.37. The minimum atomic E-state index is -0.215. The molecule has 4 heteroatoms. The number of ketones is 1. The summed E-state index contributed by atoms with van der Waals surface area (Å²) in [5.74, 6) is 0.551. The molecule has 2 unspecified atom stereocenters. The summed E-state index contributed by atoms with van der Waals surface area (Å²) in [5.41, 5.74) is 1.00. The number of rotatable bonds is 7. The Kier molecular flexibility index (Phi) is 6.11. The Balaban J connectivity index is 1.52. The molecule has 2 aliphatic heterocycles. The highest BCUT2D eigenvalue weighted by Gasteiger charge is 2.45. The van der Waals surface area contributed by atoms with Crippen LogP contribution in [0, 0.1) is 5.92 Å². The van der Waals surface area contributed by atoms with Gasteiger partial charge in [-0.1, -0.05) is 50.1 Å². The van der Waals surface area contributed by atoms with E-state index in [0.29, 0.717) is 18.8 Å². The summed E-state index contributed by atoms with van der Waals surface area (Å²) in [5, 5.41) is 0. The summed E-state index contributed by atoms with van der Waals surface area (Å²) < 4.78 is 5.53. The van der Waals surface area contributed by atoms with Crippen LogP contribution in [0.1, 0.15) is 63.9 Å². The van der Waals surface area contributed by atoms with Gasteiger partial charge in [0.2, 0.25) is 0 Å². The first-order chi connectivity index (χ1) is 12.2. The summed E-state index contributed by atoms with van der Waals surface area (Å²) >= 11 is 0. The van der Waals surface area contributed by atoms with E-state index in [9.17, 15) is 9.59 Å². The smallest absolute Gasteiger partial charge is 0.410 e. The van der Waals surface area contributed by atoms with E-state index in [1.807, 2.05) is 35.2 Å². The molecule has 2 aliphatic rings. The number of carbonyl (C=O) groups excluding carboxylic acids is 2. The minimum absolute atomic E-state index is 0.146. The molecule has 0 saturated carbocycles. The van der Waals surface area contributed by atoms with Crippen LogP contribution in [0.2, 0.25) is 0 Å². The van der Waals surface area contributed by atoms with Gasteiger partial charge in [-0.2, -0.15) is 0 Å². The summed E-state index contributed by atoms with van der Waals surface area (Å²) in [4.78, 5) is 26.9. The lowest BCUT2D eigenvalue weighted by molar-refractivity contribution is -0.125. The first-order valence-corrected chi connectivity index (χ1v) is 9.70. The number of amides is 1. The van der Waals surface area contributed by atoms with Crippen LogP contribution in [0.25, 0.3) is 0 Å². The van der Waals surface area contributed by atoms with Gasteiger partial charge in [0.25, 0.3) is 0 Å². The predicted molar refractivity (Wildman–Crippen MR) is 97.1 cm³/mol. The second-order valence-corrected chi connectivity index (χ2v) is 7.42. The van der Waals surface area contributed by atoms with E-state index in [0.717, 1.165) is 50.5 Å². The third kappa shape index (κ3) is 4.42. The Hall–Kier alpha value is -1.84. The van der Waals surface area contributed by atoms with Crippen molar-refractivity contribution in [3.8, 4) is 0 Å². The third-order valence-electron chi connectivity index (χ3n) is 5.63. The molecule has 2 heterocycles. The Morgan fingerprint density at radius 3 is 2.40 bits per heavy atom. The molecule has 25 heavy (non-hydrogen) atoms. The summed E-state index contributed by atoms with van der Waals surface area (Å²) in [7, 11) is 0. The van der Waals surface area contributed by atoms with Gasteiger partial charge in [-0.15, -0.1) is 0 Å². The number of ether oxygens (including phenoxy) is 1. The van der Waals surface area contributed by atoms with Crippen molar-refractivity contribution in [1.82, 2.24) is 4.90 Å². The lowest BCUT2D eigenvalue weighted by Crippen LogP contribution is -2.48. The molecule has 2 bridgehead atoms. The van der Waals surface area contributed by atoms with E-state index in [1.54, 1.807) is 0 Å². The SMILES string of the molecule is CCCCCC(=O)C1CC2CCC(C1)N2C(=O)OCc1ccccc1. The summed E-state index contributed by atoms with van der Waals surface area (Å²) in [6, 6.07) is 10.1. The molecule has 1 aromatic rings. The number of hydrogen-bond acceptors (Lipinski definition) is 3. The Morgan fingerprint density at radius 1 is 1.08 bits per heavy atom. The monoisotopic (exact) mass is 343 g/mol. The molecule has 2 atom stereocenters. The Labute approximate surface area is 150 Å². The highest BCUT2D eigenvalue weighted by Crippen LogP contribution is 2.40. The average molecular weight is 343 g/mol. The van der Waals surface area contributed by atoms with Crippen LogP contribution >= 0.6 is 0 Å². The Morgan fingerprint density at radius 2 is 1.76 bits per heavy atom. The van der Waals surface area contributed by atoms with Gasteiger partial charge in [0.05, 0.1) is 0 Å². The normalized spacial score (nSPS) is 25.0. The average Bonchev–Trinajstić information content (AvgIpc) is 2.90. The van der Waals surface area contributed by atoms with Crippen molar-refractivity contribution in [2.75, 3.05) is 0 Å². The first-order valence-electron chi connectivity index (χ1n) is 9.70. The van der Waals surface area contributed by atoms with E-state index in [4.69, 9.17) is 4.74 Å². The van der Waals surface area contributed by atoms with Crippen molar-refractivity contribution in [1.29, 1.82) is 0 Å².